The first-order valence-corrected chi connectivity index (χ1v) is 5.35. The normalized spacial score (nSPS) is 15.1. The second-order valence-corrected chi connectivity index (χ2v) is 4.25. The van der Waals surface area contributed by atoms with Gasteiger partial charge in [-0.25, -0.2) is 4.98 Å². The molecule has 1 aromatic heterocycles. The standard InChI is InChI=1S/C12H16N2O/c1-9(15)11-4-3-7-13-12(11)14(2)8-10-5-6-10/h3-4,7,10H,5-6,8H2,1-2H3. The van der Waals surface area contributed by atoms with Crippen molar-refractivity contribution in [3.8, 4) is 0 Å². The average Bonchev–Trinajstić information content (AvgIpc) is 3.01. The van der Waals surface area contributed by atoms with Crippen molar-refractivity contribution in [1.29, 1.82) is 0 Å². The summed E-state index contributed by atoms with van der Waals surface area (Å²) < 4.78 is 0. The summed E-state index contributed by atoms with van der Waals surface area (Å²) in [7, 11) is 2.01. The highest BCUT2D eigenvalue weighted by Gasteiger charge is 2.24. The molecule has 0 radical (unpaired) electrons. The number of carbonyl (C=O) groups excluding carboxylic acids is 1. The maximum Gasteiger partial charge on any atom is 0.163 e. The number of anilines is 1. The molecule has 1 heterocycles. The number of pyridine rings is 1. The molecule has 0 amide bonds. The highest BCUT2D eigenvalue weighted by Crippen LogP contribution is 2.31. The Bertz CT molecular complexity index is 372. The van der Waals surface area contributed by atoms with Crippen molar-refractivity contribution in [1.82, 2.24) is 4.98 Å². The first-order chi connectivity index (χ1) is 7.18. The van der Waals surface area contributed by atoms with Crippen molar-refractivity contribution in [3.05, 3.63) is 23.9 Å². The first kappa shape index (κ1) is 10.1. The van der Waals surface area contributed by atoms with Gasteiger partial charge in [0.25, 0.3) is 0 Å². The predicted molar refractivity (Wildman–Crippen MR) is 60.2 cm³/mol. The van der Waals surface area contributed by atoms with Crippen molar-refractivity contribution in [2.24, 2.45) is 5.92 Å². The SMILES string of the molecule is CC(=O)c1cccnc1N(C)CC1CC1. The van der Waals surface area contributed by atoms with Crippen LogP contribution in [0.3, 0.4) is 0 Å². The molecule has 0 aliphatic heterocycles. The van der Waals surface area contributed by atoms with Crippen molar-refractivity contribution in [3.63, 3.8) is 0 Å². The predicted octanol–water partition coefficient (Wildman–Crippen LogP) is 2.13. The van der Waals surface area contributed by atoms with Crippen molar-refractivity contribution in [2.45, 2.75) is 19.8 Å². The molecule has 1 aromatic rings. The summed E-state index contributed by atoms with van der Waals surface area (Å²) in [5.41, 5.74) is 0.723. The van der Waals surface area contributed by atoms with Gasteiger partial charge in [-0.3, -0.25) is 4.79 Å². The molecule has 0 N–H and O–H groups in total. The number of hydrogen-bond donors (Lipinski definition) is 0. The molecule has 0 aromatic carbocycles. The van der Waals surface area contributed by atoms with Crippen LogP contribution in [0.15, 0.2) is 18.3 Å². The fraction of sp³-hybridized carbons (Fsp3) is 0.500. The highest BCUT2D eigenvalue weighted by atomic mass is 16.1. The lowest BCUT2D eigenvalue weighted by Gasteiger charge is -2.19. The van der Waals surface area contributed by atoms with Crippen LogP contribution in [0.5, 0.6) is 0 Å². The van der Waals surface area contributed by atoms with Gasteiger partial charge >= 0.3 is 0 Å². The van der Waals surface area contributed by atoms with E-state index in [2.05, 4.69) is 9.88 Å². The van der Waals surface area contributed by atoms with Crippen LogP contribution >= 0.6 is 0 Å². The van der Waals surface area contributed by atoms with Gasteiger partial charge in [0, 0.05) is 19.8 Å². The molecule has 1 fully saturated rings. The van der Waals surface area contributed by atoms with Gasteiger partial charge in [0.2, 0.25) is 0 Å². The number of ketones is 1. The Balaban J connectivity index is 2.20. The lowest BCUT2D eigenvalue weighted by atomic mass is 10.2. The Morgan fingerprint density at radius 1 is 1.60 bits per heavy atom. The molecule has 15 heavy (non-hydrogen) atoms. The summed E-state index contributed by atoms with van der Waals surface area (Å²) in [6.45, 7) is 2.60. The second kappa shape index (κ2) is 4.01. The summed E-state index contributed by atoms with van der Waals surface area (Å²) in [6, 6.07) is 3.65. The fourth-order valence-electron chi connectivity index (χ4n) is 1.75. The summed E-state index contributed by atoms with van der Waals surface area (Å²) in [5, 5.41) is 0. The van der Waals surface area contributed by atoms with E-state index in [4.69, 9.17) is 0 Å². The van der Waals surface area contributed by atoms with Gasteiger partial charge in [0.1, 0.15) is 5.82 Å². The van der Waals surface area contributed by atoms with E-state index in [-0.39, 0.29) is 5.78 Å². The molecule has 0 saturated heterocycles. The van der Waals surface area contributed by atoms with E-state index in [0.717, 1.165) is 23.8 Å². The number of aromatic nitrogens is 1. The summed E-state index contributed by atoms with van der Waals surface area (Å²) in [5.74, 6) is 1.70. The zero-order chi connectivity index (χ0) is 10.8. The zero-order valence-electron chi connectivity index (χ0n) is 9.23. The van der Waals surface area contributed by atoms with E-state index in [9.17, 15) is 4.79 Å². The number of Topliss-reactive ketones (excluding diaryl/α,β-unsaturated/α-hetero) is 1. The lowest BCUT2D eigenvalue weighted by Crippen LogP contribution is -2.23. The van der Waals surface area contributed by atoms with Crippen molar-refractivity contribution >= 4 is 11.6 Å². The largest absolute Gasteiger partial charge is 0.359 e. The maximum atomic E-state index is 11.4. The van der Waals surface area contributed by atoms with Gasteiger partial charge < -0.3 is 4.90 Å². The van der Waals surface area contributed by atoms with Crippen molar-refractivity contribution in [2.75, 3.05) is 18.5 Å². The number of nitrogens with zero attached hydrogens (tertiary/aromatic N) is 2. The number of hydrogen-bond acceptors (Lipinski definition) is 3. The van der Waals surface area contributed by atoms with E-state index in [1.807, 2.05) is 19.2 Å². The topological polar surface area (TPSA) is 33.2 Å². The van der Waals surface area contributed by atoms with Gasteiger partial charge in [0.15, 0.2) is 5.78 Å². The number of carbonyl (C=O) groups is 1. The molecule has 3 heteroatoms. The molecule has 80 valence electrons. The maximum absolute atomic E-state index is 11.4. The monoisotopic (exact) mass is 204 g/mol. The molecule has 0 atom stereocenters. The smallest absolute Gasteiger partial charge is 0.163 e. The van der Waals surface area contributed by atoms with E-state index < -0.39 is 0 Å². The summed E-state index contributed by atoms with van der Waals surface area (Å²) >= 11 is 0. The Hall–Kier alpha value is -1.38. The van der Waals surface area contributed by atoms with Crippen LogP contribution < -0.4 is 4.90 Å². The van der Waals surface area contributed by atoms with Crippen LogP contribution in [0.1, 0.15) is 30.1 Å². The lowest BCUT2D eigenvalue weighted by molar-refractivity contribution is 0.101. The minimum Gasteiger partial charge on any atom is -0.359 e. The Kier molecular flexibility index (Phi) is 2.71. The van der Waals surface area contributed by atoms with Gasteiger partial charge in [-0.15, -0.1) is 0 Å². The number of rotatable bonds is 4. The van der Waals surface area contributed by atoms with Crippen LogP contribution in [-0.2, 0) is 0 Å². The van der Waals surface area contributed by atoms with Gasteiger partial charge in [-0.2, -0.15) is 0 Å². The van der Waals surface area contributed by atoms with Crippen LogP contribution in [-0.4, -0.2) is 24.4 Å². The third-order valence-corrected chi connectivity index (χ3v) is 2.76. The van der Waals surface area contributed by atoms with Crippen molar-refractivity contribution < 1.29 is 4.79 Å². The Labute approximate surface area is 90.1 Å². The molecule has 2 rings (SSSR count). The minimum absolute atomic E-state index is 0.0840. The quantitative estimate of drug-likeness (QED) is 0.704. The Morgan fingerprint density at radius 3 is 2.93 bits per heavy atom. The zero-order valence-corrected chi connectivity index (χ0v) is 9.23. The molecule has 1 aliphatic carbocycles. The Morgan fingerprint density at radius 2 is 2.33 bits per heavy atom. The third kappa shape index (κ3) is 2.35. The van der Waals surface area contributed by atoms with Crippen LogP contribution in [0, 0.1) is 5.92 Å². The summed E-state index contributed by atoms with van der Waals surface area (Å²) in [6.07, 6.45) is 4.37. The van der Waals surface area contributed by atoms with E-state index in [1.165, 1.54) is 12.8 Å². The molecule has 0 bridgehead atoms. The van der Waals surface area contributed by atoms with Gasteiger partial charge in [0.05, 0.1) is 5.56 Å². The van der Waals surface area contributed by atoms with Gasteiger partial charge in [-0.1, -0.05) is 0 Å². The first-order valence-electron chi connectivity index (χ1n) is 5.35. The third-order valence-electron chi connectivity index (χ3n) is 2.76. The molecule has 1 saturated carbocycles. The molecule has 0 spiro atoms. The van der Waals surface area contributed by atoms with E-state index in [1.54, 1.807) is 13.1 Å². The molecular formula is C12H16N2O. The van der Waals surface area contributed by atoms with Crippen LogP contribution in [0.4, 0.5) is 5.82 Å². The minimum atomic E-state index is 0.0840. The molecule has 1 aliphatic rings. The summed E-state index contributed by atoms with van der Waals surface area (Å²) in [4.78, 5) is 17.8. The average molecular weight is 204 g/mol. The van der Waals surface area contributed by atoms with Gasteiger partial charge in [-0.05, 0) is 37.8 Å². The fourth-order valence-corrected chi connectivity index (χ4v) is 1.75. The van der Waals surface area contributed by atoms with Crippen LogP contribution in [0.2, 0.25) is 0 Å². The second-order valence-electron chi connectivity index (χ2n) is 4.25. The molecular weight excluding hydrogens is 188 g/mol. The van der Waals surface area contributed by atoms with E-state index >= 15 is 0 Å². The highest BCUT2D eigenvalue weighted by molar-refractivity contribution is 5.98. The molecule has 0 unspecified atom stereocenters. The van der Waals surface area contributed by atoms with Crippen LogP contribution in [0.25, 0.3) is 0 Å². The molecule has 3 nitrogen and oxygen atoms in total. The van der Waals surface area contributed by atoms with E-state index in [0.29, 0.717) is 0 Å².